The zero-order valence-corrected chi connectivity index (χ0v) is 11.6. The van der Waals surface area contributed by atoms with E-state index in [1.807, 2.05) is 6.92 Å². The summed E-state index contributed by atoms with van der Waals surface area (Å²) in [6.45, 7) is 2.85. The first kappa shape index (κ1) is 13.8. The van der Waals surface area contributed by atoms with Gasteiger partial charge in [0.1, 0.15) is 13.2 Å². The van der Waals surface area contributed by atoms with Gasteiger partial charge in [0.15, 0.2) is 11.5 Å². The highest BCUT2D eigenvalue weighted by Crippen LogP contribution is 2.37. The zero-order chi connectivity index (χ0) is 13.9. The number of unbranched alkanes of at least 4 members (excludes halogenated alkanes) is 1. The van der Waals surface area contributed by atoms with E-state index in [2.05, 4.69) is 4.72 Å². The molecule has 1 aromatic carbocycles. The number of sulfonamides is 1. The Morgan fingerprint density at radius 2 is 1.89 bits per heavy atom. The Kier molecular flexibility index (Phi) is 4.04. The highest BCUT2D eigenvalue weighted by molar-refractivity contribution is 7.92. The third-order valence-corrected chi connectivity index (χ3v) is 4.10. The smallest absolute Gasteiger partial charge is 0.232 e. The van der Waals surface area contributed by atoms with E-state index in [1.54, 1.807) is 12.1 Å². The van der Waals surface area contributed by atoms with Crippen LogP contribution in [0.2, 0.25) is 0 Å². The molecule has 0 aromatic heterocycles. The van der Waals surface area contributed by atoms with Crippen molar-refractivity contribution in [2.24, 2.45) is 0 Å². The van der Waals surface area contributed by atoms with Crippen LogP contribution in [-0.2, 0) is 10.0 Å². The number of nitrogens with two attached hydrogens (primary N) is 1. The van der Waals surface area contributed by atoms with Crippen LogP contribution in [0.15, 0.2) is 12.1 Å². The Balaban J connectivity index is 2.21. The van der Waals surface area contributed by atoms with E-state index in [-0.39, 0.29) is 5.75 Å². The molecule has 1 aliphatic heterocycles. The summed E-state index contributed by atoms with van der Waals surface area (Å²) in [5.41, 5.74) is 6.48. The van der Waals surface area contributed by atoms with Crippen molar-refractivity contribution in [3.05, 3.63) is 12.1 Å². The number of rotatable bonds is 5. The Hall–Kier alpha value is -1.63. The van der Waals surface area contributed by atoms with Gasteiger partial charge in [0.25, 0.3) is 0 Å². The Bertz CT molecular complexity index is 557. The molecule has 0 saturated heterocycles. The van der Waals surface area contributed by atoms with E-state index in [1.165, 1.54) is 0 Å². The van der Waals surface area contributed by atoms with Gasteiger partial charge < -0.3 is 15.2 Å². The number of hydrogen-bond donors (Lipinski definition) is 2. The predicted octanol–water partition coefficient (Wildman–Crippen LogP) is 1.58. The number of nitrogens with one attached hydrogen (secondary N) is 1. The van der Waals surface area contributed by atoms with Crippen molar-refractivity contribution in [1.29, 1.82) is 0 Å². The van der Waals surface area contributed by atoms with E-state index < -0.39 is 10.0 Å². The molecule has 1 aromatic rings. The lowest BCUT2D eigenvalue weighted by Gasteiger charge is -2.20. The third kappa shape index (κ3) is 3.44. The summed E-state index contributed by atoms with van der Waals surface area (Å²) < 4.78 is 36.9. The molecule has 0 saturated carbocycles. The van der Waals surface area contributed by atoms with Crippen LogP contribution >= 0.6 is 0 Å². The standard InChI is InChI=1S/C12H18N2O4S/c1-2-3-6-19(15,16)14-10-8-12-11(7-9(10)13)17-4-5-18-12/h7-8,14H,2-6,13H2,1H3. The Labute approximate surface area is 112 Å². The van der Waals surface area contributed by atoms with Crippen LogP contribution in [0.25, 0.3) is 0 Å². The van der Waals surface area contributed by atoms with E-state index >= 15 is 0 Å². The third-order valence-electron chi connectivity index (χ3n) is 2.75. The Morgan fingerprint density at radius 1 is 1.26 bits per heavy atom. The second-order valence-corrected chi connectivity index (χ2v) is 6.20. The maximum atomic E-state index is 11.8. The van der Waals surface area contributed by atoms with Crippen molar-refractivity contribution in [2.75, 3.05) is 29.4 Å². The molecule has 0 fully saturated rings. The van der Waals surface area contributed by atoms with Crippen molar-refractivity contribution in [3.8, 4) is 11.5 Å². The maximum Gasteiger partial charge on any atom is 0.232 e. The van der Waals surface area contributed by atoms with Crippen LogP contribution in [0.5, 0.6) is 11.5 Å². The highest BCUT2D eigenvalue weighted by atomic mass is 32.2. The van der Waals surface area contributed by atoms with Crippen LogP contribution in [0.4, 0.5) is 11.4 Å². The molecule has 19 heavy (non-hydrogen) atoms. The molecule has 0 aliphatic carbocycles. The number of hydrogen-bond acceptors (Lipinski definition) is 5. The molecule has 7 heteroatoms. The second kappa shape index (κ2) is 5.56. The summed E-state index contributed by atoms with van der Waals surface area (Å²) in [5.74, 6) is 1.13. The number of anilines is 2. The van der Waals surface area contributed by atoms with Gasteiger partial charge in [-0.25, -0.2) is 8.42 Å². The molecule has 0 atom stereocenters. The van der Waals surface area contributed by atoms with E-state index in [0.29, 0.717) is 42.5 Å². The summed E-state index contributed by atoms with van der Waals surface area (Å²) in [5, 5.41) is 0. The van der Waals surface area contributed by atoms with Gasteiger partial charge in [-0.2, -0.15) is 0 Å². The number of fused-ring (bicyclic) bond motifs is 1. The van der Waals surface area contributed by atoms with Crippen LogP contribution in [0.1, 0.15) is 19.8 Å². The minimum Gasteiger partial charge on any atom is -0.486 e. The predicted molar refractivity (Wildman–Crippen MR) is 74.2 cm³/mol. The van der Waals surface area contributed by atoms with Crippen LogP contribution < -0.4 is 19.9 Å². The first-order chi connectivity index (χ1) is 9.02. The summed E-state index contributed by atoms with van der Waals surface area (Å²) in [4.78, 5) is 0. The van der Waals surface area contributed by atoms with Crippen molar-refractivity contribution in [2.45, 2.75) is 19.8 Å². The first-order valence-corrected chi connectivity index (χ1v) is 7.86. The van der Waals surface area contributed by atoms with E-state index in [0.717, 1.165) is 6.42 Å². The summed E-state index contributed by atoms with van der Waals surface area (Å²) in [6, 6.07) is 3.14. The SMILES string of the molecule is CCCCS(=O)(=O)Nc1cc2c(cc1N)OCCO2. The molecule has 2 rings (SSSR count). The fourth-order valence-corrected chi connectivity index (χ4v) is 3.03. The lowest BCUT2D eigenvalue weighted by atomic mass is 10.2. The fraction of sp³-hybridized carbons (Fsp3) is 0.500. The average Bonchev–Trinajstić information content (AvgIpc) is 2.37. The minimum atomic E-state index is -3.37. The van der Waals surface area contributed by atoms with Gasteiger partial charge in [-0.1, -0.05) is 13.3 Å². The summed E-state index contributed by atoms with van der Waals surface area (Å²) >= 11 is 0. The number of benzene rings is 1. The minimum absolute atomic E-state index is 0.0807. The monoisotopic (exact) mass is 286 g/mol. The van der Waals surface area contributed by atoms with Gasteiger partial charge in [-0.3, -0.25) is 4.72 Å². The second-order valence-electron chi connectivity index (χ2n) is 4.36. The molecule has 0 radical (unpaired) electrons. The normalized spacial score (nSPS) is 14.2. The van der Waals surface area contributed by atoms with Crippen LogP contribution in [0, 0.1) is 0 Å². The zero-order valence-electron chi connectivity index (χ0n) is 10.8. The van der Waals surface area contributed by atoms with Gasteiger partial charge in [-0.15, -0.1) is 0 Å². The molecule has 1 aliphatic rings. The lowest BCUT2D eigenvalue weighted by molar-refractivity contribution is 0.172. The van der Waals surface area contributed by atoms with E-state index in [9.17, 15) is 8.42 Å². The van der Waals surface area contributed by atoms with Crippen LogP contribution in [0.3, 0.4) is 0 Å². The highest BCUT2D eigenvalue weighted by Gasteiger charge is 2.17. The van der Waals surface area contributed by atoms with Crippen molar-refractivity contribution >= 4 is 21.4 Å². The van der Waals surface area contributed by atoms with Gasteiger partial charge >= 0.3 is 0 Å². The summed E-state index contributed by atoms with van der Waals surface area (Å²) in [6.07, 6.45) is 1.43. The summed E-state index contributed by atoms with van der Waals surface area (Å²) in [7, 11) is -3.37. The number of ether oxygens (including phenoxy) is 2. The molecule has 3 N–H and O–H groups in total. The molecule has 0 spiro atoms. The Morgan fingerprint density at radius 3 is 2.53 bits per heavy atom. The maximum absolute atomic E-state index is 11.8. The van der Waals surface area contributed by atoms with Crippen molar-refractivity contribution in [1.82, 2.24) is 0 Å². The van der Waals surface area contributed by atoms with Crippen LogP contribution in [-0.4, -0.2) is 27.4 Å². The molecule has 106 valence electrons. The molecule has 0 amide bonds. The largest absolute Gasteiger partial charge is 0.486 e. The topological polar surface area (TPSA) is 90.7 Å². The van der Waals surface area contributed by atoms with Gasteiger partial charge in [0, 0.05) is 12.1 Å². The van der Waals surface area contributed by atoms with Gasteiger partial charge in [0.05, 0.1) is 17.1 Å². The van der Waals surface area contributed by atoms with Crippen molar-refractivity contribution in [3.63, 3.8) is 0 Å². The lowest BCUT2D eigenvalue weighted by Crippen LogP contribution is -2.19. The van der Waals surface area contributed by atoms with E-state index in [4.69, 9.17) is 15.2 Å². The molecular formula is C12H18N2O4S. The molecule has 0 unspecified atom stereocenters. The molecule has 0 bridgehead atoms. The molecular weight excluding hydrogens is 268 g/mol. The molecule has 1 heterocycles. The number of nitrogen functional groups attached to an aromatic ring is 1. The fourth-order valence-electron chi connectivity index (χ4n) is 1.75. The average molecular weight is 286 g/mol. The first-order valence-electron chi connectivity index (χ1n) is 6.21. The van der Waals surface area contributed by atoms with Crippen molar-refractivity contribution < 1.29 is 17.9 Å². The van der Waals surface area contributed by atoms with Gasteiger partial charge in [0.2, 0.25) is 10.0 Å². The van der Waals surface area contributed by atoms with Gasteiger partial charge in [-0.05, 0) is 6.42 Å². The quantitative estimate of drug-likeness (QED) is 0.802. The molecule has 6 nitrogen and oxygen atoms in total.